The highest BCUT2D eigenvalue weighted by Crippen LogP contribution is 2.43. The minimum absolute atomic E-state index is 0.00761. The second kappa shape index (κ2) is 18.5. The van der Waals surface area contributed by atoms with Crippen LogP contribution in [0.2, 0.25) is 0 Å². The van der Waals surface area contributed by atoms with E-state index in [1.807, 2.05) is 62.1 Å². The Morgan fingerprint density at radius 3 is 2.25 bits per heavy atom. The molecule has 3 aromatic carbocycles. The summed E-state index contributed by atoms with van der Waals surface area (Å²) in [5.74, 6) is -0.469. The molecule has 8 rings (SSSR count). The molecule has 0 bridgehead atoms. The predicted octanol–water partition coefficient (Wildman–Crippen LogP) is 8.33. The van der Waals surface area contributed by atoms with Crippen LogP contribution in [0.4, 0.5) is 21.7 Å². The summed E-state index contributed by atoms with van der Waals surface area (Å²) in [5.41, 5.74) is 4.77. The largest absolute Gasteiger partial charge is 0.371 e. The molecule has 5 aromatic rings. The zero-order valence-corrected chi connectivity index (χ0v) is 38.3. The third kappa shape index (κ3) is 9.73. The van der Waals surface area contributed by atoms with E-state index in [1.54, 1.807) is 31.3 Å². The van der Waals surface area contributed by atoms with E-state index in [0.717, 1.165) is 73.8 Å². The van der Waals surface area contributed by atoms with E-state index in [2.05, 4.69) is 32.7 Å². The highest BCUT2D eigenvalue weighted by Gasteiger charge is 2.33. The fourth-order valence-corrected chi connectivity index (χ4v) is 11.2. The Morgan fingerprint density at radius 1 is 0.922 bits per heavy atom. The fourth-order valence-electron chi connectivity index (χ4n) is 9.13. The Balaban J connectivity index is 0.873. The van der Waals surface area contributed by atoms with Crippen molar-refractivity contribution in [2.45, 2.75) is 95.1 Å². The first kappa shape index (κ1) is 45.0. The molecule has 3 amide bonds. The SMILES string of the molecule is CCC(c1cccc(-c2nc(C(C)(C)C)sc2-c2ccnc(Nc3ccc(C4CCN(C(=O)C5CCN(c6ccc(C7CCC(=O)NC7=O)cc6)CC5)CC4)cc3)n2)c1F)S(N)(=O)=O. The number of thiazole rings is 1. The molecule has 336 valence electrons. The van der Waals surface area contributed by atoms with Crippen LogP contribution in [0, 0.1) is 11.7 Å². The number of aromatic nitrogens is 3. The van der Waals surface area contributed by atoms with Crippen LogP contribution < -0.4 is 20.7 Å². The molecular weight excluding hydrogens is 852 g/mol. The number of primary sulfonamides is 1. The molecule has 0 saturated carbocycles. The first-order valence-electron chi connectivity index (χ1n) is 22.1. The number of piperidine rings is 3. The Hall–Kier alpha value is -5.58. The molecular formula is C48H55FN8O5S2. The normalized spacial score (nSPS) is 18.5. The molecule has 2 unspecified atom stereocenters. The van der Waals surface area contributed by atoms with Gasteiger partial charge in [-0.25, -0.2) is 32.9 Å². The number of nitrogens with one attached hydrogen (secondary N) is 2. The van der Waals surface area contributed by atoms with E-state index in [-0.39, 0.29) is 52.5 Å². The lowest BCUT2D eigenvalue weighted by Crippen LogP contribution is -2.45. The predicted molar refractivity (Wildman–Crippen MR) is 248 cm³/mol. The Morgan fingerprint density at radius 2 is 1.61 bits per heavy atom. The number of rotatable bonds is 11. The van der Waals surface area contributed by atoms with Gasteiger partial charge < -0.3 is 15.1 Å². The number of anilines is 3. The highest BCUT2D eigenvalue weighted by molar-refractivity contribution is 7.89. The third-order valence-electron chi connectivity index (χ3n) is 12.7. The monoisotopic (exact) mass is 906 g/mol. The molecule has 3 saturated heterocycles. The summed E-state index contributed by atoms with van der Waals surface area (Å²) in [7, 11) is -4.05. The van der Waals surface area contributed by atoms with Gasteiger partial charge in [0.2, 0.25) is 33.7 Å². The van der Waals surface area contributed by atoms with Gasteiger partial charge in [-0.2, -0.15) is 0 Å². The van der Waals surface area contributed by atoms with Crippen molar-refractivity contribution in [3.05, 3.63) is 107 Å². The maximum absolute atomic E-state index is 16.3. The summed E-state index contributed by atoms with van der Waals surface area (Å²) in [6, 6.07) is 22.7. The first-order chi connectivity index (χ1) is 30.6. The van der Waals surface area contributed by atoms with Gasteiger partial charge in [0.05, 0.1) is 27.2 Å². The lowest BCUT2D eigenvalue weighted by atomic mass is 9.88. The number of halogens is 1. The molecule has 3 aliphatic heterocycles. The van der Waals surface area contributed by atoms with E-state index in [9.17, 15) is 22.8 Å². The van der Waals surface area contributed by atoms with Gasteiger partial charge in [-0.05, 0) is 92.0 Å². The molecule has 0 aliphatic carbocycles. The Kier molecular flexibility index (Phi) is 13.0. The van der Waals surface area contributed by atoms with E-state index >= 15 is 4.39 Å². The zero-order chi connectivity index (χ0) is 45.3. The van der Waals surface area contributed by atoms with Crippen LogP contribution >= 0.6 is 11.3 Å². The number of hydrogen-bond donors (Lipinski definition) is 3. The summed E-state index contributed by atoms with van der Waals surface area (Å²) in [5, 5.41) is 10.8. The number of imide groups is 1. The van der Waals surface area contributed by atoms with Crippen LogP contribution in [0.5, 0.6) is 0 Å². The number of sulfonamides is 1. The molecule has 0 radical (unpaired) electrons. The zero-order valence-electron chi connectivity index (χ0n) is 36.6. The van der Waals surface area contributed by atoms with Crippen LogP contribution in [-0.2, 0) is 29.8 Å². The van der Waals surface area contributed by atoms with Crippen molar-refractivity contribution in [2.75, 3.05) is 36.4 Å². The van der Waals surface area contributed by atoms with E-state index in [1.165, 1.54) is 23.0 Å². The number of amides is 3. The minimum Gasteiger partial charge on any atom is -0.371 e. The first-order valence-corrected chi connectivity index (χ1v) is 24.5. The van der Waals surface area contributed by atoms with Crippen LogP contribution in [0.1, 0.15) is 111 Å². The summed E-state index contributed by atoms with van der Waals surface area (Å²) in [6.45, 7) is 10.8. The minimum atomic E-state index is -4.05. The standard InChI is InChI=1S/C48H55FN8O5S2/c1-5-39(64(50,61)62)36-7-6-8-37(41(36)49)42-43(63-46(55-42)48(2,3)4)38-19-24-51-47(53-38)52-33-13-9-29(10-14-33)30-20-27-57(28-21-30)45(60)32-22-25-56(26-23-32)34-15-11-31(12-16-34)35-17-18-40(58)54-44(35)59/h6-16,19,24,30,32,35,39H,5,17-18,20-23,25-28H2,1-4H3,(H2,50,61,62)(H,51,52,53)(H,54,58,59). The lowest BCUT2D eigenvalue weighted by Gasteiger charge is -2.38. The molecule has 0 spiro atoms. The van der Waals surface area contributed by atoms with Crippen LogP contribution in [-0.4, -0.2) is 72.2 Å². The van der Waals surface area contributed by atoms with Crippen LogP contribution in [0.15, 0.2) is 79.0 Å². The molecule has 3 fully saturated rings. The van der Waals surface area contributed by atoms with Crippen molar-refractivity contribution < 1.29 is 27.2 Å². The molecule has 16 heteroatoms. The maximum Gasteiger partial charge on any atom is 0.234 e. The van der Waals surface area contributed by atoms with E-state index in [0.29, 0.717) is 41.0 Å². The van der Waals surface area contributed by atoms with E-state index in [4.69, 9.17) is 15.1 Å². The lowest BCUT2D eigenvalue weighted by molar-refractivity contribution is -0.137. The summed E-state index contributed by atoms with van der Waals surface area (Å²) in [4.78, 5) is 56.7. The van der Waals surface area contributed by atoms with Crippen molar-refractivity contribution in [2.24, 2.45) is 11.1 Å². The van der Waals surface area contributed by atoms with Crippen molar-refractivity contribution in [1.82, 2.24) is 25.2 Å². The molecule has 2 aromatic heterocycles. The van der Waals surface area contributed by atoms with Gasteiger partial charge in [0.15, 0.2) is 0 Å². The second-order valence-electron chi connectivity index (χ2n) is 18.1. The maximum atomic E-state index is 16.3. The molecule has 64 heavy (non-hydrogen) atoms. The van der Waals surface area contributed by atoms with Crippen LogP contribution in [0.3, 0.4) is 0 Å². The highest BCUT2D eigenvalue weighted by atomic mass is 32.2. The topological polar surface area (TPSA) is 181 Å². The molecule has 13 nitrogen and oxygen atoms in total. The number of likely N-dealkylation sites (tertiary alicyclic amines) is 1. The molecule has 4 N–H and O–H groups in total. The summed E-state index contributed by atoms with van der Waals surface area (Å²) < 4.78 is 41.1. The van der Waals surface area contributed by atoms with Gasteiger partial charge >= 0.3 is 0 Å². The van der Waals surface area contributed by atoms with Crippen LogP contribution in [0.25, 0.3) is 21.8 Å². The Bertz CT molecular complexity index is 2630. The average molecular weight is 907 g/mol. The average Bonchev–Trinajstić information content (AvgIpc) is 3.74. The van der Waals surface area contributed by atoms with Crippen molar-refractivity contribution >= 4 is 56.4 Å². The fraction of sp³-hybridized carbons (Fsp3) is 0.417. The quantitative estimate of drug-likeness (QED) is 0.109. The smallest absolute Gasteiger partial charge is 0.234 e. The number of hydrogen-bond acceptors (Lipinski definition) is 11. The number of nitrogens with two attached hydrogens (primary N) is 1. The third-order valence-corrected chi connectivity index (χ3v) is 15.6. The summed E-state index contributed by atoms with van der Waals surface area (Å²) >= 11 is 1.41. The Labute approximate surface area is 378 Å². The summed E-state index contributed by atoms with van der Waals surface area (Å²) in [6.07, 6.45) is 6.03. The second-order valence-corrected chi connectivity index (χ2v) is 20.9. The molecule has 5 heterocycles. The number of benzene rings is 3. The molecule has 2 atom stereocenters. The van der Waals surface area contributed by atoms with Gasteiger partial charge in [0.25, 0.3) is 0 Å². The van der Waals surface area contributed by atoms with Gasteiger partial charge in [0, 0.05) is 72.6 Å². The van der Waals surface area contributed by atoms with Crippen molar-refractivity contribution in [3.8, 4) is 21.8 Å². The van der Waals surface area contributed by atoms with Gasteiger partial charge in [-0.15, -0.1) is 11.3 Å². The van der Waals surface area contributed by atoms with E-state index < -0.39 is 21.1 Å². The number of carbonyl (C=O) groups is 3. The number of carbonyl (C=O) groups excluding carboxylic acids is 3. The van der Waals surface area contributed by atoms with Crippen molar-refractivity contribution in [1.29, 1.82) is 0 Å². The van der Waals surface area contributed by atoms with Gasteiger partial charge in [-0.3, -0.25) is 19.7 Å². The van der Waals surface area contributed by atoms with Crippen molar-refractivity contribution in [3.63, 3.8) is 0 Å². The van der Waals surface area contributed by atoms with Gasteiger partial charge in [0.1, 0.15) is 11.1 Å². The van der Waals surface area contributed by atoms with Gasteiger partial charge in [-0.1, -0.05) is 64.1 Å². The number of nitrogens with zero attached hydrogens (tertiary/aromatic N) is 5. The molecule has 3 aliphatic rings.